The van der Waals surface area contributed by atoms with Crippen LogP contribution >= 0.6 is 35.0 Å². The first kappa shape index (κ1) is 19.5. The lowest BCUT2D eigenvalue weighted by Crippen LogP contribution is -2.14. The van der Waals surface area contributed by atoms with Crippen molar-refractivity contribution in [3.8, 4) is 17.1 Å². The molecule has 0 aliphatic rings. The number of hydrogen-bond donors (Lipinski definition) is 1. The van der Waals surface area contributed by atoms with Gasteiger partial charge in [0.25, 0.3) is 0 Å². The van der Waals surface area contributed by atoms with E-state index in [1.54, 1.807) is 25.3 Å². The van der Waals surface area contributed by atoms with Gasteiger partial charge in [-0.1, -0.05) is 35.0 Å². The minimum Gasteiger partial charge on any atom is -0.497 e. The lowest BCUT2D eigenvalue weighted by atomic mass is 10.2. The number of carbonyl (C=O) groups is 1. The van der Waals surface area contributed by atoms with Gasteiger partial charge in [0.1, 0.15) is 5.75 Å². The van der Waals surface area contributed by atoms with Crippen LogP contribution in [0.2, 0.25) is 10.0 Å². The first-order valence-corrected chi connectivity index (χ1v) is 9.63. The molecule has 140 valence electrons. The average Bonchev–Trinajstić information content (AvgIpc) is 3.03. The van der Waals surface area contributed by atoms with Gasteiger partial charge in [-0.05, 0) is 42.5 Å². The molecule has 0 aliphatic heterocycles. The van der Waals surface area contributed by atoms with E-state index < -0.39 is 0 Å². The highest BCUT2D eigenvalue weighted by molar-refractivity contribution is 7.99. The molecule has 0 saturated carbocycles. The van der Waals surface area contributed by atoms with Crippen LogP contribution < -0.4 is 10.1 Å². The Kier molecular flexibility index (Phi) is 6.26. The first-order chi connectivity index (χ1) is 13.0. The van der Waals surface area contributed by atoms with Gasteiger partial charge in [-0.15, -0.1) is 10.2 Å². The fraction of sp³-hybridized carbons (Fsp3) is 0.167. The zero-order chi connectivity index (χ0) is 19.4. The Balaban J connectivity index is 1.65. The number of thioether (sulfide) groups is 1. The number of halogens is 2. The minimum atomic E-state index is -0.210. The van der Waals surface area contributed by atoms with Gasteiger partial charge in [-0.25, -0.2) is 0 Å². The molecule has 1 aromatic heterocycles. The molecule has 6 nitrogen and oxygen atoms in total. The predicted octanol–water partition coefficient (Wildman–Crippen LogP) is 4.53. The van der Waals surface area contributed by atoms with E-state index in [9.17, 15) is 4.79 Å². The molecule has 3 aromatic rings. The summed E-state index contributed by atoms with van der Waals surface area (Å²) in [7, 11) is 3.47. The largest absolute Gasteiger partial charge is 0.497 e. The third kappa shape index (κ3) is 4.74. The summed E-state index contributed by atoms with van der Waals surface area (Å²) in [5.41, 5.74) is 1.39. The van der Waals surface area contributed by atoms with Crippen molar-refractivity contribution >= 4 is 46.6 Å². The Morgan fingerprint density at radius 2 is 1.93 bits per heavy atom. The topological polar surface area (TPSA) is 69.0 Å². The number of carbonyl (C=O) groups excluding carboxylic acids is 1. The molecule has 1 N–H and O–H groups in total. The highest BCUT2D eigenvalue weighted by atomic mass is 35.5. The second-order valence-corrected chi connectivity index (χ2v) is 7.34. The van der Waals surface area contributed by atoms with E-state index in [1.807, 2.05) is 35.9 Å². The van der Waals surface area contributed by atoms with Crippen molar-refractivity contribution in [3.05, 3.63) is 52.5 Å². The van der Waals surface area contributed by atoms with Crippen molar-refractivity contribution in [2.45, 2.75) is 5.16 Å². The summed E-state index contributed by atoms with van der Waals surface area (Å²) in [6.07, 6.45) is 0. The number of ether oxygens (including phenoxy) is 1. The van der Waals surface area contributed by atoms with E-state index >= 15 is 0 Å². The molecule has 0 bridgehead atoms. The normalized spacial score (nSPS) is 10.7. The highest BCUT2D eigenvalue weighted by Crippen LogP contribution is 2.27. The summed E-state index contributed by atoms with van der Waals surface area (Å²) in [4.78, 5) is 12.2. The molecule has 0 aliphatic carbocycles. The van der Waals surface area contributed by atoms with Crippen LogP contribution in [0.15, 0.2) is 47.6 Å². The fourth-order valence-corrected chi connectivity index (χ4v) is 3.39. The van der Waals surface area contributed by atoms with Crippen LogP contribution in [0.4, 0.5) is 5.69 Å². The number of methoxy groups -OCH3 is 1. The smallest absolute Gasteiger partial charge is 0.234 e. The van der Waals surface area contributed by atoms with Crippen molar-refractivity contribution < 1.29 is 9.53 Å². The van der Waals surface area contributed by atoms with E-state index in [4.69, 9.17) is 27.9 Å². The molecule has 0 saturated heterocycles. The number of amides is 1. The van der Waals surface area contributed by atoms with Crippen LogP contribution in [0.3, 0.4) is 0 Å². The highest BCUT2D eigenvalue weighted by Gasteiger charge is 2.14. The average molecular weight is 423 g/mol. The maximum absolute atomic E-state index is 12.2. The van der Waals surface area contributed by atoms with Crippen molar-refractivity contribution in [2.24, 2.45) is 7.05 Å². The summed E-state index contributed by atoms with van der Waals surface area (Å²) < 4.78 is 7.00. The Bertz CT molecular complexity index is 960. The molecule has 2 aromatic carbocycles. The number of nitrogens with one attached hydrogen (secondary N) is 1. The minimum absolute atomic E-state index is 0.164. The second kappa shape index (κ2) is 8.65. The van der Waals surface area contributed by atoms with Crippen molar-refractivity contribution in [2.75, 3.05) is 18.2 Å². The number of nitrogens with zero attached hydrogens (tertiary/aromatic N) is 3. The molecule has 0 radical (unpaired) electrons. The Morgan fingerprint density at radius 3 is 2.63 bits per heavy atom. The maximum Gasteiger partial charge on any atom is 0.234 e. The molecule has 0 unspecified atom stereocenters. The number of rotatable bonds is 6. The number of anilines is 1. The predicted molar refractivity (Wildman–Crippen MR) is 109 cm³/mol. The van der Waals surface area contributed by atoms with E-state index in [1.165, 1.54) is 11.8 Å². The van der Waals surface area contributed by atoms with Crippen molar-refractivity contribution in [3.63, 3.8) is 0 Å². The molecule has 1 heterocycles. The molecule has 9 heteroatoms. The molecule has 0 fully saturated rings. The van der Waals surface area contributed by atoms with Crippen molar-refractivity contribution in [1.82, 2.24) is 14.8 Å². The van der Waals surface area contributed by atoms with E-state index in [0.717, 1.165) is 11.3 Å². The third-order valence-corrected chi connectivity index (χ3v) is 5.30. The van der Waals surface area contributed by atoms with Gasteiger partial charge >= 0.3 is 0 Å². The lowest BCUT2D eigenvalue weighted by Gasteiger charge is -2.08. The maximum atomic E-state index is 12.2. The number of benzene rings is 2. The lowest BCUT2D eigenvalue weighted by molar-refractivity contribution is -0.113. The molecule has 0 atom stereocenters. The first-order valence-electron chi connectivity index (χ1n) is 7.89. The van der Waals surface area contributed by atoms with Gasteiger partial charge in [-0.3, -0.25) is 4.79 Å². The van der Waals surface area contributed by atoms with Crippen LogP contribution in [0.25, 0.3) is 11.4 Å². The number of aromatic nitrogens is 3. The van der Waals surface area contributed by atoms with E-state index in [0.29, 0.717) is 26.7 Å². The Labute approximate surface area is 170 Å². The summed E-state index contributed by atoms with van der Waals surface area (Å²) >= 11 is 13.3. The molecule has 27 heavy (non-hydrogen) atoms. The SMILES string of the molecule is COc1ccc(-c2nnc(SCC(=O)Nc3cc(Cl)ccc3Cl)n2C)cc1. The summed E-state index contributed by atoms with van der Waals surface area (Å²) in [6.45, 7) is 0. The van der Waals surface area contributed by atoms with Gasteiger partial charge in [0, 0.05) is 17.6 Å². The molecular weight excluding hydrogens is 407 g/mol. The van der Waals surface area contributed by atoms with Gasteiger partial charge in [0.15, 0.2) is 11.0 Å². The van der Waals surface area contributed by atoms with E-state index in [2.05, 4.69) is 15.5 Å². The van der Waals surface area contributed by atoms with Gasteiger partial charge in [0.2, 0.25) is 5.91 Å². The van der Waals surface area contributed by atoms with Crippen LogP contribution in [0.1, 0.15) is 0 Å². The van der Waals surface area contributed by atoms with Gasteiger partial charge < -0.3 is 14.6 Å². The van der Waals surface area contributed by atoms with Crippen LogP contribution in [-0.4, -0.2) is 33.5 Å². The number of hydrogen-bond acceptors (Lipinski definition) is 5. The zero-order valence-electron chi connectivity index (χ0n) is 14.6. The molecule has 3 rings (SSSR count). The van der Waals surface area contributed by atoms with Crippen molar-refractivity contribution in [1.29, 1.82) is 0 Å². The monoisotopic (exact) mass is 422 g/mol. The summed E-state index contributed by atoms with van der Waals surface area (Å²) in [5.74, 6) is 1.43. The zero-order valence-corrected chi connectivity index (χ0v) is 16.9. The second-order valence-electron chi connectivity index (χ2n) is 5.55. The Morgan fingerprint density at radius 1 is 1.19 bits per heavy atom. The molecule has 1 amide bonds. The van der Waals surface area contributed by atoms with E-state index in [-0.39, 0.29) is 11.7 Å². The van der Waals surface area contributed by atoms with Crippen LogP contribution in [0, 0.1) is 0 Å². The third-order valence-electron chi connectivity index (χ3n) is 3.72. The van der Waals surface area contributed by atoms with Crippen LogP contribution in [-0.2, 0) is 11.8 Å². The standard InChI is InChI=1S/C18H16Cl2N4O2S/c1-24-17(11-3-6-13(26-2)7-4-11)22-23-18(24)27-10-16(25)21-15-9-12(19)5-8-14(15)20/h3-9H,10H2,1-2H3,(H,21,25). The summed E-state index contributed by atoms with van der Waals surface area (Å²) in [5, 5.41) is 12.7. The fourth-order valence-electron chi connectivity index (χ4n) is 2.34. The summed E-state index contributed by atoms with van der Waals surface area (Å²) in [6, 6.07) is 12.4. The Hall–Kier alpha value is -2.22. The molecule has 0 spiro atoms. The quantitative estimate of drug-likeness (QED) is 0.590. The van der Waals surface area contributed by atoms with Gasteiger partial charge in [-0.2, -0.15) is 0 Å². The van der Waals surface area contributed by atoms with Crippen LogP contribution in [0.5, 0.6) is 5.75 Å². The van der Waals surface area contributed by atoms with Gasteiger partial charge in [0.05, 0.1) is 23.6 Å². The molecular formula is C18H16Cl2N4O2S.